The third kappa shape index (κ3) is 5.41. The number of carbonyl (C=O) groups is 1. The molecule has 1 aromatic heterocycles. The molecule has 168 valence electrons. The van der Waals surface area contributed by atoms with Gasteiger partial charge in [-0.1, -0.05) is 56.5 Å². The van der Waals surface area contributed by atoms with Gasteiger partial charge in [0.15, 0.2) is 0 Å². The second kappa shape index (κ2) is 10.5. The first-order chi connectivity index (χ1) is 15.3. The van der Waals surface area contributed by atoms with Crippen molar-refractivity contribution in [3.8, 4) is 16.9 Å². The van der Waals surface area contributed by atoms with E-state index < -0.39 is 23.4 Å². The van der Waals surface area contributed by atoms with Gasteiger partial charge in [0.1, 0.15) is 11.4 Å². The lowest BCUT2D eigenvalue weighted by molar-refractivity contribution is 0.0815. The van der Waals surface area contributed by atoms with Crippen LogP contribution in [0.4, 0.5) is 4.39 Å². The van der Waals surface area contributed by atoms with Crippen molar-refractivity contribution in [3.05, 3.63) is 81.4 Å². The van der Waals surface area contributed by atoms with Gasteiger partial charge in [0, 0.05) is 17.1 Å². The number of amides is 1. The molecule has 0 radical (unpaired) electrons. The Morgan fingerprint density at radius 1 is 1.16 bits per heavy atom. The molecule has 1 heterocycles. The van der Waals surface area contributed by atoms with Crippen LogP contribution in [0.15, 0.2) is 59.4 Å². The van der Waals surface area contributed by atoms with Gasteiger partial charge < -0.3 is 10.4 Å². The fourth-order valence-electron chi connectivity index (χ4n) is 3.49. The van der Waals surface area contributed by atoms with Crippen molar-refractivity contribution in [2.45, 2.75) is 32.8 Å². The van der Waals surface area contributed by atoms with E-state index in [1.807, 2.05) is 13.8 Å². The van der Waals surface area contributed by atoms with Crippen LogP contribution < -0.4 is 10.9 Å². The molecular formula is C24H25ClFN3O3. The van der Waals surface area contributed by atoms with Crippen LogP contribution in [-0.4, -0.2) is 33.4 Å². The van der Waals surface area contributed by atoms with E-state index in [9.17, 15) is 19.1 Å². The Labute approximate surface area is 190 Å². The zero-order valence-corrected chi connectivity index (χ0v) is 18.6. The summed E-state index contributed by atoms with van der Waals surface area (Å²) >= 11 is 5.97. The fourth-order valence-corrected chi connectivity index (χ4v) is 3.62. The molecule has 0 bridgehead atoms. The van der Waals surface area contributed by atoms with Crippen LogP contribution in [0.5, 0.6) is 0 Å². The highest BCUT2D eigenvalue weighted by Crippen LogP contribution is 2.21. The summed E-state index contributed by atoms with van der Waals surface area (Å²) in [5, 5.41) is 17.8. The first-order valence-corrected chi connectivity index (χ1v) is 10.8. The quantitative estimate of drug-likeness (QED) is 0.530. The molecule has 0 aliphatic carbocycles. The molecule has 0 spiro atoms. The van der Waals surface area contributed by atoms with Gasteiger partial charge in [-0.25, -0.2) is 4.39 Å². The minimum absolute atomic E-state index is 0.0170. The van der Waals surface area contributed by atoms with E-state index in [2.05, 4.69) is 10.4 Å². The molecule has 2 aromatic carbocycles. The maximum Gasteiger partial charge on any atom is 0.284 e. The van der Waals surface area contributed by atoms with Gasteiger partial charge in [0.2, 0.25) is 0 Å². The average molecular weight is 458 g/mol. The summed E-state index contributed by atoms with van der Waals surface area (Å²) in [7, 11) is 0. The van der Waals surface area contributed by atoms with Crippen LogP contribution in [0.2, 0.25) is 5.02 Å². The van der Waals surface area contributed by atoms with Crippen molar-refractivity contribution in [2.75, 3.05) is 6.54 Å². The molecule has 6 nitrogen and oxygen atoms in total. The molecular weight excluding hydrogens is 433 g/mol. The molecule has 3 aromatic rings. The van der Waals surface area contributed by atoms with Crippen molar-refractivity contribution < 1.29 is 14.3 Å². The summed E-state index contributed by atoms with van der Waals surface area (Å²) in [6.07, 6.45) is 0.822. The predicted octanol–water partition coefficient (Wildman–Crippen LogP) is 4.22. The zero-order chi connectivity index (χ0) is 23.3. The monoisotopic (exact) mass is 457 g/mol. The number of hydrogen-bond donors (Lipinski definition) is 2. The molecule has 0 saturated carbocycles. The Morgan fingerprint density at radius 2 is 1.84 bits per heavy atom. The standard InChI is InChI=1S/C24H25ClFN3O3/c1-3-15(4-2)22(30)14-27-23(31)20-13-21(16-8-10-17(25)11-9-16)28-29(24(20)32)19-7-5-6-18(26)12-19/h5-13,15,22,30H,3-4,14H2,1-2H3,(H,27,31). The lowest BCUT2D eigenvalue weighted by Crippen LogP contribution is -2.39. The van der Waals surface area contributed by atoms with Gasteiger partial charge in [-0.05, 0) is 42.3 Å². The molecule has 8 heteroatoms. The number of nitrogens with one attached hydrogen (secondary N) is 1. The number of benzene rings is 2. The summed E-state index contributed by atoms with van der Waals surface area (Å²) in [6.45, 7) is 3.96. The van der Waals surface area contributed by atoms with Crippen molar-refractivity contribution in [1.29, 1.82) is 0 Å². The third-order valence-corrected chi connectivity index (χ3v) is 5.67. The van der Waals surface area contributed by atoms with E-state index in [1.165, 1.54) is 30.3 Å². The Balaban J connectivity index is 2.03. The Morgan fingerprint density at radius 3 is 2.47 bits per heavy atom. The molecule has 0 aliphatic rings. The van der Waals surface area contributed by atoms with E-state index in [1.54, 1.807) is 24.3 Å². The van der Waals surface area contributed by atoms with E-state index in [-0.39, 0.29) is 23.7 Å². The van der Waals surface area contributed by atoms with E-state index in [4.69, 9.17) is 11.6 Å². The summed E-state index contributed by atoms with van der Waals surface area (Å²) in [6, 6.07) is 13.6. The van der Waals surface area contributed by atoms with Gasteiger partial charge in [-0.3, -0.25) is 9.59 Å². The lowest BCUT2D eigenvalue weighted by atomic mass is 9.96. The van der Waals surface area contributed by atoms with Gasteiger partial charge in [-0.15, -0.1) is 0 Å². The second-order valence-corrected chi connectivity index (χ2v) is 7.94. The van der Waals surface area contributed by atoms with Crippen molar-refractivity contribution >= 4 is 17.5 Å². The fraction of sp³-hybridized carbons (Fsp3) is 0.292. The van der Waals surface area contributed by atoms with Crippen LogP contribution in [0.3, 0.4) is 0 Å². The highest BCUT2D eigenvalue weighted by molar-refractivity contribution is 6.30. The Kier molecular flexibility index (Phi) is 7.77. The minimum atomic E-state index is -0.725. The van der Waals surface area contributed by atoms with Gasteiger partial charge in [-0.2, -0.15) is 9.78 Å². The van der Waals surface area contributed by atoms with Gasteiger partial charge in [0.25, 0.3) is 11.5 Å². The number of nitrogens with zero attached hydrogens (tertiary/aromatic N) is 2. The first kappa shape index (κ1) is 23.6. The molecule has 0 saturated heterocycles. The van der Waals surface area contributed by atoms with E-state index in [0.717, 1.165) is 17.5 Å². The highest BCUT2D eigenvalue weighted by Gasteiger charge is 2.20. The molecule has 1 unspecified atom stereocenters. The van der Waals surface area contributed by atoms with Crippen molar-refractivity contribution in [3.63, 3.8) is 0 Å². The smallest absolute Gasteiger partial charge is 0.284 e. The van der Waals surface area contributed by atoms with Gasteiger partial charge in [0.05, 0.1) is 17.5 Å². The number of hydrogen-bond acceptors (Lipinski definition) is 4. The highest BCUT2D eigenvalue weighted by atomic mass is 35.5. The average Bonchev–Trinajstić information content (AvgIpc) is 2.79. The summed E-state index contributed by atoms with van der Waals surface area (Å²) in [5.41, 5.74) is 0.313. The number of aliphatic hydroxyl groups excluding tert-OH is 1. The molecule has 32 heavy (non-hydrogen) atoms. The molecule has 0 aliphatic heterocycles. The number of halogens is 2. The summed E-state index contributed by atoms with van der Waals surface area (Å²) in [4.78, 5) is 26.0. The largest absolute Gasteiger partial charge is 0.391 e. The normalized spacial score (nSPS) is 12.1. The lowest BCUT2D eigenvalue weighted by Gasteiger charge is -2.20. The van der Waals surface area contributed by atoms with Gasteiger partial charge >= 0.3 is 0 Å². The number of carbonyl (C=O) groups excluding carboxylic acids is 1. The summed E-state index contributed by atoms with van der Waals surface area (Å²) < 4.78 is 14.8. The van der Waals surface area contributed by atoms with E-state index >= 15 is 0 Å². The SMILES string of the molecule is CCC(CC)C(O)CNC(=O)c1cc(-c2ccc(Cl)cc2)nn(-c2cccc(F)c2)c1=O. The Hall–Kier alpha value is -3.03. The van der Waals surface area contributed by atoms with Crippen LogP contribution in [0, 0.1) is 11.7 Å². The molecule has 1 atom stereocenters. The molecule has 1 amide bonds. The van der Waals surface area contributed by atoms with Crippen molar-refractivity contribution in [2.24, 2.45) is 5.92 Å². The number of rotatable bonds is 8. The third-order valence-electron chi connectivity index (χ3n) is 5.41. The molecule has 3 rings (SSSR count). The molecule has 0 fully saturated rings. The van der Waals surface area contributed by atoms with Crippen LogP contribution in [0.25, 0.3) is 16.9 Å². The topological polar surface area (TPSA) is 84.2 Å². The maximum atomic E-state index is 13.8. The predicted molar refractivity (Wildman–Crippen MR) is 123 cm³/mol. The minimum Gasteiger partial charge on any atom is -0.391 e. The number of aliphatic hydroxyl groups is 1. The zero-order valence-electron chi connectivity index (χ0n) is 17.9. The Bertz CT molecular complexity index is 1140. The van der Waals surface area contributed by atoms with E-state index in [0.29, 0.717) is 16.3 Å². The van der Waals surface area contributed by atoms with Crippen LogP contribution >= 0.6 is 11.6 Å². The second-order valence-electron chi connectivity index (χ2n) is 7.50. The van der Waals surface area contributed by atoms with Crippen molar-refractivity contribution in [1.82, 2.24) is 15.1 Å². The van der Waals surface area contributed by atoms with Crippen LogP contribution in [-0.2, 0) is 0 Å². The summed E-state index contributed by atoms with van der Waals surface area (Å²) in [5.74, 6) is -1.13. The van der Waals surface area contributed by atoms with Crippen LogP contribution in [0.1, 0.15) is 37.0 Å². The maximum absolute atomic E-state index is 13.8. The molecule has 2 N–H and O–H groups in total. The first-order valence-electron chi connectivity index (χ1n) is 10.5. The number of aromatic nitrogens is 2.